The largest absolute Gasteiger partial charge is 0.416 e. The number of alkyl halides is 3. The number of benzene rings is 1. The first-order valence-corrected chi connectivity index (χ1v) is 6.60. The number of methoxy groups -OCH3 is 1. The zero-order valence-corrected chi connectivity index (χ0v) is 12.3. The Hall–Kier alpha value is -0.590. The van der Waals surface area contributed by atoms with E-state index in [1.165, 1.54) is 6.07 Å². The fourth-order valence-electron chi connectivity index (χ4n) is 1.71. The molecule has 1 rings (SSSR count). The van der Waals surface area contributed by atoms with E-state index in [9.17, 15) is 18.3 Å². The summed E-state index contributed by atoms with van der Waals surface area (Å²) in [4.78, 5) is 0. The van der Waals surface area contributed by atoms with Gasteiger partial charge in [-0.1, -0.05) is 22.9 Å². The Balaban J connectivity index is 2.98. The maximum absolute atomic E-state index is 12.6. The molecule has 0 aliphatic rings. The Labute approximate surface area is 118 Å². The first-order chi connectivity index (χ1) is 8.77. The second kappa shape index (κ2) is 6.72. The molecule has 0 aromatic heterocycles. The van der Waals surface area contributed by atoms with Crippen molar-refractivity contribution in [3.8, 4) is 0 Å². The molecule has 6 heteroatoms. The fourth-order valence-corrected chi connectivity index (χ4v) is 2.20. The number of rotatable bonds is 5. The lowest BCUT2D eigenvalue weighted by Crippen LogP contribution is -2.14. The normalized spacial score (nSPS) is 15.3. The lowest BCUT2D eigenvalue weighted by atomic mass is 9.94. The van der Waals surface area contributed by atoms with Crippen LogP contribution < -0.4 is 0 Å². The molecule has 0 bridgehead atoms. The van der Waals surface area contributed by atoms with Gasteiger partial charge in [-0.25, -0.2) is 0 Å². The van der Waals surface area contributed by atoms with E-state index < -0.39 is 17.8 Å². The third-order valence-corrected chi connectivity index (χ3v) is 3.68. The number of hydrogen-bond acceptors (Lipinski definition) is 2. The molecule has 1 N–H and O–H groups in total. The van der Waals surface area contributed by atoms with Gasteiger partial charge in [-0.3, -0.25) is 0 Å². The van der Waals surface area contributed by atoms with Gasteiger partial charge in [0.25, 0.3) is 0 Å². The molecule has 1 aromatic carbocycles. The number of hydrogen-bond donors (Lipinski definition) is 1. The van der Waals surface area contributed by atoms with E-state index in [4.69, 9.17) is 4.74 Å². The van der Waals surface area contributed by atoms with Crippen LogP contribution >= 0.6 is 15.9 Å². The fraction of sp³-hybridized carbons (Fsp3) is 0.538. The van der Waals surface area contributed by atoms with Crippen molar-refractivity contribution in [1.29, 1.82) is 0 Å². The van der Waals surface area contributed by atoms with E-state index in [0.717, 1.165) is 12.1 Å². The molecule has 19 heavy (non-hydrogen) atoms. The SMILES string of the molecule is COCCC(C)C(O)c1cc(C(F)(F)F)ccc1Br. The van der Waals surface area contributed by atoms with Gasteiger partial charge in [0.15, 0.2) is 0 Å². The number of aliphatic hydroxyl groups is 1. The highest BCUT2D eigenvalue weighted by Gasteiger charge is 2.32. The van der Waals surface area contributed by atoms with Crippen molar-refractivity contribution < 1.29 is 23.0 Å². The molecule has 2 atom stereocenters. The van der Waals surface area contributed by atoms with Gasteiger partial charge in [-0.15, -0.1) is 0 Å². The van der Waals surface area contributed by atoms with E-state index in [0.29, 0.717) is 17.5 Å². The number of ether oxygens (including phenoxy) is 1. The first-order valence-electron chi connectivity index (χ1n) is 5.81. The maximum atomic E-state index is 12.6. The Morgan fingerprint density at radius 2 is 2.00 bits per heavy atom. The van der Waals surface area contributed by atoms with Crippen LogP contribution in [0.25, 0.3) is 0 Å². The molecular formula is C13H16BrF3O2. The van der Waals surface area contributed by atoms with Crippen molar-refractivity contribution >= 4 is 15.9 Å². The van der Waals surface area contributed by atoms with Gasteiger partial charge >= 0.3 is 6.18 Å². The molecule has 2 unspecified atom stereocenters. The maximum Gasteiger partial charge on any atom is 0.416 e. The summed E-state index contributed by atoms with van der Waals surface area (Å²) in [7, 11) is 1.54. The molecule has 0 fully saturated rings. The van der Waals surface area contributed by atoms with E-state index >= 15 is 0 Å². The first kappa shape index (κ1) is 16.5. The predicted molar refractivity (Wildman–Crippen MR) is 69.8 cm³/mol. The van der Waals surface area contributed by atoms with Crippen LogP contribution in [0.4, 0.5) is 13.2 Å². The monoisotopic (exact) mass is 340 g/mol. The Kier molecular flexibility index (Phi) is 5.82. The van der Waals surface area contributed by atoms with Crippen LogP contribution in [0.15, 0.2) is 22.7 Å². The molecule has 0 radical (unpaired) electrons. The molecule has 0 spiro atoms. The van der Waals surface area contributed by atoms with Crippen molar-refractivity contribution in [3.05, 3.63) is 33.8 Å². The van der Waals surface area contributed by atoms with Crippen LogP contribution in [0.5, 0.6) is 0 Å². The second-order valence-corrected chi connectivity index (χ2v) is 5.29. The zero-order chi connectivity index (χ0) is 14.6. The summed E-state index contributed by atoms with van der Waals surface area (Å²) in [5.41, 5.74) is -0.512. The molecule has 0 heterocycles. The number of halogens is 4. The highest BCUT2D eigenvalue weighted by atomic mass is 79.9. The van der Waals surface area contributed by atoms with Crippen LogP contribution in [0.3, 0.4) is 0 Å². The van der Waals surface area contributed by atoms with Gasteiger partial charge in [-0.2, -0.15) is 13.2 Å². The lowest BCUT2D eigenvalue weighted by molar-refractivity contribution is -0.137. The van der Waals surface area contributed by atoms with Crippen molar-refractivity contribution in [2.24, 2.45) is 5.92 Å². The summed E-state index contributed by atoms with van der Waals surface area (Å²) in [6.07, 6.45) is -4.81. The Bertz CT molecular complexity index is 421. The smallest absolute Gasteiger partial charge is 0.388 e. The average Bonchev–Trinajstić information content (AvgIpc) is 2.34. The third kappa shape index (κ3) is 4.47. The molecule has 0 saturated carbocycles. The van der Waals surface area contributed by atoms with Crippen LogP contribution in [0, 0.1) is 5.92 Å². The van der Waals surface area contributed by atoms with E-state index in [1.807, 2.05) is 0 Å². The molecule has 1 aromatic rings. The molecule has 108 valence electrons. The van der Waals surface area contributed by atoms with Gasteiger partial charge < -0.3 is 9.84 Å². The highest BCUT2D eigenvalue weighted by molar-refractivity contribution is 9.10. The van der Waals surface area contributed by atoms with Crippen LogP contribution in [-0.2, 0) is 10.9 Å². The van der Waals surface area contributed by atoms with Crippen molar-refractivity contribution in [3.63, 3.8) is 0 Å². The zero-order valence-electron chi connectivity index (χ0n) is 10.7. The predicted octanol–water partition coefficient (Wildman–Crippen LogP) is 4.17. The molecular weight excluding hydrogens is 325 g/mol. The minimum Gasteiger partial charge on any atom is -0.388 e. The summed E-state index contributed by atoms with van der Waals surface area (Å²) >= 11 is 3.18. The molecule has 0 saturated heterocycles. The van der Waals surface area contributed by atoms with Gasteiger partial charge in [0, 0.05) is 18.2 Å². The summed E-state index contributed by atoms with van der Waals surface area (Å²) in [5.74, 6) is -0.195. The van der Waals surface area contributed by atoms with Crippen molar-refractivity contribution in [2.45, 2.75) is 25.6 Å². The van der Waals surface area contributed by atoms with E-state index in [1.54, 1.807) is 14.0 Å². The van der Waals surface area contributed by atoms with Gasteiger partial charge in [-0.05, 0) is 36.1 Å². The third-order valence-electron chi connectivity index (χ3n) is 2.96. The standard InChI is InChI=1S/C13H16BrF3O2/c1-8(5-6-19-2)12(18)10-7-9(13(15,16)17)3-4-11(10)14/h3-4,7-8,12,18H,5-6H2,1-2H3. The van der Waals surface area contributed by atoms with Gasteiger partial charge in [0.05, 0.1) is 11.7 Å². The summed E-state index contributed by atoms with van der Waals surface area (Å²) in [6, 6.07) is 3.28. The molecule has 0 aliphatic carbocycles. The molecule has 0 amide bonds. The van der Waals surface area contributed by atoms with Crippen LogP contribution in [0.1, 0.15) is 30.6 Å². The Morgan fingerprint density at radius 3 is 2.53 bits per heavy atom. The van der Waals surface area contributed by atoms with Crippen molar-refractivity contribution in [1.82, 2.24) is 0 Å². The Morgan fingerprint density at radius 1 is 1.37 bits per heavy atom. The topological polar surface area (TPSA) is 29.5 Å². The average molecular weight is 341 g/mol. The van der Waals surface area contributed by atoms with Crippen molar-refractivity contribution in [2.75, 3.05) is 13.7 Å². The number of aliphatic hydroxyl groups excluding tert-OH is 1. The summed E-state index contributed by atoms with van der Waals surface area (Å²) in [5, 5.41) is 10.1. The second-order valence-electron chi connectivity index (χ2n) is 4.44. The molecule has 2 nitrogen and oxygen atoms in total. The van der Waals surface area contributed by atoms with E-state index in [2.05, 4.69) is 15.9 Å². The van der Waals surface area contributed by atoms with Gasteiger partial charge in [0.2, 0.25) is 0 Å². The van der Waals surface area contributed by atoms with Gasteiger partial charge in [0.1, 0.15) is 0 Å². The van der Waals surface area contributed by atoms with Crippen LogP contribution in [0.2, 0.25) is 0 Å². The quantitative estimate of drug-likeness (QED) is 0.871. The highest BCUT2D eigenvalue weighted by Crippen LogP contribution is 2.36. The molecule has 0 aliphatic heterocycles. The minimum absolute atomic E-state index is 0.195. The lowest BCUT2D eigenvalue weighted by Gasteiger charge is -2.21. The van der Waals surface area contributed by atoms with E-state index in [-0.39, 0.29) is 11.5 Å². The minimum atomic E-state index is -4.41. The summed E-state index contributed by atoms with van der Waals surface area (Å²) < 4.78 is 43.3. The summed E-state index contributed by atoms with van der Waals surface area (Å²) in [6.45, 7) is 2.23. The van der Waals surface area contributed by atoms with Crippen LogP contribution in [-0.4, -0.2) is 18.8 Å².